The summed E-state index contributed by atoms with van der Waals surface area (Å²) in [6.45, 7) is 1.98. The molecule has 0 bridgehead atoms. The molecule has 4 heteroatoms. The van der Waals surface area contributed by atoms with Gasteiger partial charge >= 0.3 is 0 Å². The van der Waals surface area contributed by atoms with Crippen molar-refractivity contribution in [2.75, 3.05) is 0 Å². The Morgan fingerprint density at radius 1 is 1.10 bits per heavy atom. The number of ketones is 1. The molecule has 0 aliphatic heterocycles. The SMILES string of the molecule is CC(=O)Cn1c(SCc2ccccc2)nc2ccccc21. The average Bonchev–Trinajstić information content (AvgIpc) is 2.84. The van der Waals surface area contributed by atoms with E-state index < -0.39 is 0 Å². The molecular weight excluding hydrogens is 280 g/mol. The number of benzene rings is 2. The van der Waals surface area contributed by atoms with Crippen LogP contribution in [0.2, 0.25) is 0 Å². The summed E-state index contributed by atoms with van der Waals surface area (Å²) in [5.74, 6) is 0.988. The van der Waals surface area contributed by atoms with Crippen molar-refractivity contribution in [2.24, 2.45) is 0 Å². The normalized spacial score (nSPS) is 10.9. The van der Waals surface area contributed by atoms with Crippen LogP contribution >= 0.6 is 11.8 Å². The van der Waals surface area contributed by atoms with Crippen molar-refractivity contribution in [3.05, 3.63) is 60.2 Å². The molecule has 0 atom stereocenters. The molecule has 0 aliphatic carbocycles. The monoisotopic (exact) mass is 296 g/mol. The third kappa shape index (κ3) is 3.16. The van der Waals surface area contributed by atoms with E-state index in [-0.39, 0.29) is 5.78 Å². The van der Waals surface area contributed by atoms with Crippen LogP contribution in [0.25, 0.3) is 11.0 Å². The fraction of sp³-hybridized carbons (Fsp3) is 0.176. The summed E-state index contributed by atoms with van der Waals surface area (Å²) in [5, 5.41) is 0.898. The third-order valence-electron chi connectivity index (χ3n) is 3.21. The zero-order valence-electron chi connectivity index (χ0n) is 11.8. The van der Waals surface area contributed by atoms with Crippen molar-refractivity contribution in [1.29, 1.82) is 0 Å². The molecule has 3 rings (SSSR count). The van der Waals surface area contributed by atoms with Gasteiger partial charge in [-0.1, -0.05) is 54.2 Å². The van der Waals surface area contributed by atoms with Crippen LogP contribution < -0.4 is 0 Å². The van der Waals surface area contributed by atoms with Crippen LogP contribution in [0.1, 0.15) is 12.5 Å². The van der Waals surface area contributed by atoms with Crippen molar-refractivity contribution in [2.45, 2.75) is 24.4 Å². The Morgan fingerprint density at radius 3 is 2.57 bits per heavy atom. The Labute approximate surface area is 128 Å². The Kier molecular flexibility index (Phi) is 4.06. The molecule has 21 heavy (non-hydrogen) atoms. The Bertz CT molecular complexity index is 765. The van der Waals surface area contributed by atoms with E-state index in [4.69, 9.17) is 0 Å². The lowest BCUT2D eigenvalue weighted by molar-refractivity contribution is -0.117. The number of aromatic nitrogens is 2. The number of rotatable bonds is 5. The van der Waals surface area contributed by atoms with E-state index in [0.29, 0.717) is 6.54 Å². The smallest absolute Gasteiger partial charge is 0.169 e. The van der Waals surface area contributed by atoms with Crippen LogP contribution in [-0.4, -0.2) is 15.3 Å². The molecule has 2 aromatic carbocycles. The number of thioether (sulfide) groups is 1. The summed E-state index contributed by atoms with van der Waals surface area (Å²) >= 11 is 1.67. The van der Waals surface area contributed by atoms with Crippen LogP contribution in [0.4, 0.5) is 0 Å². The quantitative estimate of drug-likeness (QED) is 0.669. The molecule has 0 saturated carbocycles. The van der Waals surface area contributed by atoms with Gasteiger partial charge in [0.2, 0.25) is 0 Å². The maximum Gasteiger partial charge on any atom is 0.169 e. The molecule has 1 aromatic heterocycles. The Balaban J connectivity index is 1.91. The van der Waals surface area contributed by atoms with Gasteiger partial charge in [-0.3, -0.25) is 4.79 Å². The molecule has 1 heterocycles. The number of fused-ring (bicyclic) bond motifs is 1. The van der Waals surface area contributed by atoms with E-state index in [1.54, 1.807) is 18.7 Å². The van der Waals surface area contributed by atoms with Crippen LogP contribution in [0.5, 0.6) is 0 Å². The molecule has 0 aliphatic rings. The average molecular weight is 296 g/mol. The molecule has 0 fully saturated rings. The topological polar surface area (TPSA) is 34.9 Å². The van der Waals surface area contributed by atoms with Gasteiger partial charge in [-0.15, -0.1) is 0 Å². The predicted molar refractivity (Wildman–Crippen MR) is 86.4 cm³/mol. The van der Waals surface area contributed by atoms with Gasteiger partial charge in [0, 0.05) is 5.75 Å². The van der Waals surface area contributed by atoms with Gasteiger partial charge in [-0.05, 0) is 24.6 Å². The first-order chi connectivity index (χ1) is 10.2. The first-order valence-corrected chi connectivity index (χ1v) is 7.84. The first kappa shape index (κ1) is 13.9. The minimum atomic E-state index is 0.139. The van der Waals surface area contributed by atoms with Crippen molar-refractivity contribution in [3.63, 3.8) is 0 Å². The largest absolute Gasteiger partial charge is 0.311 e. The molecule has 0 unspecified atom stereocenters. The van der Waals surface area contributed by atoms with Gasteiger partial charge in [0.1, 0.15) is 5.78 Å². The van der Waals surface area contributed by atoms with E-state index in [0.717, 1.165) is 21.9 Å². The van der Waals surface area contributed by atoms with Crippen LogP contribution in [0.3, 0.4) is 0 Å². The number of hydrogen-bond acceptors (Lipinski definition) is 3. The number of Topliss-reactive ketones (excluding diaryl/α,β-unsaturated/α-hetero) is 1. The molecule has 0 saturated heterocycles. The van der Waals surface area contributed by atoms with E-state index >= 15 is 0 Å². The number of para-hydroxylation sites is 2. The molecule has 0 spiro atoms. The lowest BCUT2D eigenvalue weighted by Gasteiger charge is -2.06. The highest BCUT2D eigenvalue weighted by atomic mass is 32.2. The summed E-state index contributed by atoms with van der Waals surface area (Å²) in [4.78, 5) is 16.2. The first-order valence-electron chi connectivity index (χ1n) is 6.85. The summed E-state index contributed by atoms with van der Waals surface area (Å²) in [7, 11) is 0. The molecule has 0 N–H and O–H groups in total. The minimum Gasteiger partial charge on any atom is -0.311 e. The standard InChI is InChI=1S/C17H16N2OS/c1-13(20)11-19-16-10-6-5-9-15(16)18-17(19)21-12-14-7-3-2-4-8-14/h2-10H,11-12H2,1H3. The van der Waals surface area contributed by atoms with Gasteiger partial charge in [0.15, 0.2) is 5.16 Å². The van der Waals surface area contributed by atoms with E-state index in [1.165, 1.54) is 5.56 Å². The highest BCUT2D eigenvalue weighted by Crippen LogP contribution is 2.26. The molecule has 0 radical (unpaired) electrons. The van der Waals surface area contributed by atoms with Crippen molar-refractivity contribution >= 4 is 28.6 Å². The summed E-state index contributed by atoms with van der Waals surface area (Å²) in [6.07, 6.45) is 0. The number of hydrogen-bond donors (Lipinski definition) is 0. The highest BCUT2D eigenvalue weighted by molar-refractivity contribution is 7.98. The van der Waals surface area contributed by atoms with Crippen molar-refractivity contribution in [3.8, 4) is 0 Å². The van der Waals surface area contributed by atoms with Gasteiger partial charge in [-0.2, -0.15) is 0 Å². The molecule has 0 amide bonds. The zero-order chi connectivity index (χ0) is 14.7. The number of carbonyl (C=O) groups is 1. The Hall–Kier alpha value is -2.07. The van der Waals surface area contributed by atoms with Gasteiger partial charge in [0.25, 0.3) is 0 Å². The molecule has 106 valence electrons. The summed E-state index contributed by atoms with van der Waals surface area (Å²) in [6, 6.07) is 18.2. The fourth-order valence-corrected chi connectivity index (χ4v) is 3.23. The van der Waals surface area contributed by atoms with Crippen LogP contribution in [-0.2, 0) is 17.1 Å². The zero-order valence-corrected chi connectivity index (χ0v) is 12.6. The predicted octanol–water partition coefficient (Wildman–Crippen LogP) is 3.92. The number of carbonyl (C=O) groups excluding carboxylic acids is 1. The van der Waals surface area contributed by atoms with Crippen LogP contribution in [0, 0.1) is 0 Å². The summed E-state index contributed by atoms with van der Waals surface area (Å²) in [5.41, 5.74) is 3.21. The van der Waals surface area contributed by atoms with Gasteiger partial charge in [-0.25, -0.2) is 4.98 Å². The molecule has 3 aromatic rings. The second kappa shape index (κ2) is 6.14. The number of nitrogens with zero attached hydrogens (tertiary/aromatic N) is 2. The van der Waals surface area contributed by atoms with Crippen LogP contribution in [0.15, 0.2) is 59.8 Å². The van der Waals surface area contributed by atoms with Crippen molar-refractivity contribution in [1.82, 2.24) is 9.55 Å². The van der Waals surface area contributed by atoms with Gasteiger partial charge in [0.05, 0.1) is 17.6 Å². The second-order valence-electron chi connectivity index (χ2n) is 4.95. The van der Waals surface area contributed by atoms with E-state index in [1.807, 2.05) is 47.0 Å². The minimum absolute atomic E-state index is 0.139. The summed E-state index contributed by atoms with van der Waals surface area (Å²) < 4.78 is 2.01. The number of imidazole rings is 1. The highest BCUT2D eigenvalue weighted by Gasteiger charge is 2.12. The lowest BCUT2D eigenvalue weighted by Crippen LogP contribution is -2.07. The van der Waals surface area contributed by atoms with E-state index in [9.17, 15) is 4.79 Å². The van der Waals surface area contributed by atoms with Crippen molar-refractivity contribution < 1.29 is 4.79 Å². The maximum atomic E-state index is 11.5. The molecule has 3 nitrogen and oxygen atoms in total. The second-order valence-corrected chi connectivity index (χ2v) is 5.89. The Morgan fingerprint density at radius 2 is 1.81 bits per heavy atom. The molecular formula is C17H16N2OS. The lowest BCUT2D eigenvalue weighted by atomic mass is 10.2. The maximum absolute atomic E-state index is 11.5. The van der Waals surface area contributed by atoms with E-state index in [2.05, 4.69) is 17.1 Å². The fourth-order valence-electron chi connectivity index (χ4n) is 2.26. The third-order valence-corrected chi connectivity index (χ3v) is 4.26. The van der Waals surface area contributed by atoms with Gasteiger partial charge < -0.3 is 4.57 Å².